The van der Waals surface area contributed by atoms with E-state index in [1.165, 1.54) is 0 Å². The Morgan fingerprint density at radius 1 is 1.29 bits per heavy atom. The second-order valence-corrected chi connectivity index (χ2v) is 5.90. The zero-order chi connectivity index (χ0) is 14.8. The molecule has 1 aromatic carbocycles. The van der Waals surface area contributed by atoms with E-state index in [1.807, 2.05) is 18.2 Å². The van der Waals surface area contributed by atoms with E-state index >= 15 is 0 Å². The molecule has 2 heterocycles. The summed E-state index contributed by atoms with van der Waals surface area (Å²) >= 11 is 0. The van der Waals surface area contributed by atoms with Crippen LogP contribution in [0.4, 0.5) is 0 Å². The Labute approximate surface area is 125 Å². The molecule has 4 unspecified atom stereocenters. The lowest BCUT2D eigenvalue weighted by molar-refractivity contribution is -0.125. The van der Waals surface area contributed by atoms with Crippen LogP contribution in [0.5, 0.6) is 5.75 Å². The number of carbonyl (C=O) groups excluding carboxylic acids is 1. The van der Waals surface area contributed by atoms with Crippen LogP contribution >= 0.6 is 0 Å². The molecule has 2 aliphatic rings. The lowest BCUT2D eigenvalue weighted by Gasteiger charge is -2.35. The number of hydrazine groups is 1. The van der Waals surface area contributed by atoms with Gasteiger partial charge in [0, 0.05) is 24.3 Å². The number of carbonyl (C=O) groups is 1. The number of fused-ring (bicyclic) bond motifs is 1. The van der Waals surface area contributed by atoms with E-state index in [4.69, 9.17) is 4.74 Å². The zero-order valence-corrected chi connectivity index (χ0v) is 12.6. The van der Waals surface area contributed by atoms with E-state index in [1.54, 1.807) is 0 Å². The molecule has 5 heteroatoms. The molecule has 21 heavy (non-hydrogen) atoms. The zero-order valence-electron chi connectivity index (χ0n) is 12.6. The molecule has 0 aliphatic carbocycles. The highest BCUT2D eigenvalue weighted by Crippen LogP contribution is 2.40. The van der Waals surface area contributed by atoms with Crippen molar-refractivity contribution < 1.29 is 9.53 Å². The summed E-state index contributed by atoms with van der Waals surface area (Å²) in [4.78, 5) is 12.0. The molecule has 2 fully saturated rings. The molecule has 0 spiro atoms. The van der Waals surface area contributed by atoms with Crippen LogP contribution in [0.25, 0.3) is 0 Å². The van der Waals surface area contributed by atoms with E-state index in [0.717, 1.165) is 17.7 Å². The number of hydrogen-bond acceptors (Lipinski definition) is 4. The fourth-order valence-electron chi connectivity index (χ4n) is 3.43. The van der Waals surface area contributed by atoms with Gasteiger partial charge in [-0.2, -0.15) is 0 Å². The highest BCUT2D eigenvalue weighted by molar-refractivity contribution is 5.78. The average Bonchev–Trinajstić information content (AvgIpc) is 2.86. The van der Waals surface area contributed by atoms with E-state index in [9.17, 15) is 4.79 Å². The summed E-state index contributed by atoms with van der Waals surface area (Å²) < 4.78 is 5.89. The molecule has 0 bridgehead atoms. The van der Waals surface area contributed by atoms with E-state index in [0.29, 0.717) is 25.0 Å². The Hall–Kier alpha value is -1.59. The Kier molecular flexibility index (Phi) is 4.12. The average molecular weight is 289 g/mol. The van der Waals surface area contributed by atoms with Crippen molar-refractivity contribution in [2.24, 2.45) is 5.92 Å². The van der Waals surface area contributed by atoms with Crippen LogP contribution in [0.15, 0.2) is 24.3 Å². The van der Waals surface area contributed by atoms with Crippen LogP contribution in [0.3, 0.4) is 0 Å². The molecule has 3 rings (SSSR count). The Bertz CT molecular complexity index is 520. The molecule has 114 valence electrons. The number of amides is 1. The van der Waals surface area contributed by atoms with Gasteiger partial charge in [0.1, 0.15) is 5.75 Å². The van der Waals surface area contributed by atoms with Gasteiger partial charge in [-0.05, 0) is 25.0 Å². The molecule has 1 aromatic rings. The summed E-state index contributed by atoms with van der Waals surface area (Å²) in [6.45, 7) is 4.95. The predicted octanol–water partition coefficient (Wildman–Crippen LogP) is 1.52. The first-order chi connectivity index (χ1) is 10.2. The van der Waals surface area contributed by atoms with Crippen molar-refractivity contribution in [2.45, 2.75) is 44.8 Å². The molecule has 2 saturated heterocycles. The summed E-state index contributed by atoms with van der Waals surface area (Å²) in [5.41, 5.74) is 7.56. The van der Waals surface area contributed by atoms with Crippen molar-refractivity contribution in [2.75, 3.05) is 6.61 Å². The van der Waals surface area contributed by atoms with Gasteiger partial charge in [-0.15, -0.1) is 0 Å². The smallest absolute Gasteiger partial charge is 0.221 e. The largest absolute Gasteiger partial charge is 0.493 e. The van der Waals surface area contributed by atoms with E-state index < -0.39 is 0 Å². The first-order valence-corrected chi connectivity index (χ1v) is 7.73. The Morgan fingerprint density at radius 2 is 2.10 bits per heavy atom. The van der Waals surface area contributed by atoms with Crippen molar-refractivity contribution in [3.63, 3.8) is 0 Å². The van der Waals surface area contributed by atoms with Gasteiger partial charge < -0.3 is 10.1 Å². The number of hydrogen-bond donors (Lipinski definition) is 3. The van der Waals surface area contributed by atoms with Crippen molar-refractivity contribution in [1.29, 1.82) is 0 Å². The summed E-state index contributed by atoms with van der Waals surface area (Å²) in [5.74, 6) is 1.51. The summed E-state index contributed by atoms with van der Waals surface area (Å²) in [6, 6.07) is 8.42. The van der Waals surface area contributed by atoms with Crippen LogP contribution in [0, 0.1) is 5.92 Å². The number of benzene rings is 1. The lowest BCUT2D eigenvalue weighted by atomic mass is 9.76. The minimum absolute atomic E-state index is 0.00881. The van der Waals surface area contributed by atoms with Crippen molar-refractivity contribution in [3.8, 4) is 5.75 Å². The lowest BCUT2D eigenvalue weighted by Crippen LogP contribution is -2.52. The third-order valence-electron chi connectivity index (χ3n) is 4.40. The molecule has 2 aliphatic heterocycles. The Morgan fingerprint density at radius 3 is 2.90 bits per heavy atom. The molecule has 5 nitrogen and oxygen atoms in total. The number of rotatable bonds is 4. The van der Waals surface area contributed by atoms with Crippen molar-refractivity contribution >= 4 is 5.91 Å². The first-order valence-electron chi connectivity index (χ1n) is 7.73. The van der Waals surface area contributed by atoms with Crippen LogP contribution in [0.1, 0.15) is 38.2 Å². The fourth-order valence-corrected chi connectivity index (χ4v) is 3.43. The fraction of sp³-hybridized carbons (Fsp3) is 0.562. The van der Waals surface area contributed by atoms with Gasteiger partial charge in [0.15, 0.2) is 0 Å². The molecule has 1 amide bonds. The summed E-state index contributed by atoms with van der Waals surface area (Å²) in [5, 5.41) is 3.02. The number of para-hydroxylation sites is 1. The predicted molar refractivity (Wildman–Crippen MR) is 80.7 cm³/mol. The standard InChI is InChI=1S/C16H23N3O2/c1-3-8-21-13-7-5-4-6-11(13)12-9-14(20)17-16-15(12)10(2)18-19-16/h4-7,10,12,15-16,18-19H,3,8-9H2,1-2H3,(H,17,20). The van der Waals surface area contributed by atoms with Gasteiger partial charge in [0.25, 0.3) is 0 Å². The quantitative estimate of drug-likeness (QED) is 0.786. The molecular weight excluding hydrogens is 266 g/mol. The highest BCUT2D eigenvalue weighted by atomic mass is 16.5. The van der Waals surface area contributed by atoms with Crippen LogP contribution < -0.4 is 20.9 Å². The normalized spacial score (nSPS) is 31.6. The molecule has 0 aromatic heterocycles. The number of piperidine rings is 1. The Balaban J connectivity index is 1.92. The minimum Gasteiger partial charge on any atom is -0.493 e. The number of ether oxygens (including phenoxy) is 1. The molecule has 0 radical (unpaired) electrons. The minimum atomic E-state index is -0.00881. The topological polar surface area (TPSA) is 62.4 Å². The van der Waals surface area contributed by atoms with Gasteiger partial charge in [-0.25, -0.2) is 5.43 Å². The summed E-state index contributed by atoms with van der Waals surface area (Å²) in [7, 11) is 0. The third-order valence-corrected chi connectivity index (χ3v) is 4.40. The molecule has 4 atom stereocenters. The number of nitrogens with one attached hydrogen (secondary N) is 3. The maximum atomic E-state index is 12.0. The van der Waals surface area contributed by atoms with Gasteiger partial charge in [0.05, 0.1) is 12.8 Å². The molecular formula is C16H23N3O2. The van der Waals surface area contributed by atoms with Crippen molar-refractivity contribution in [3.05, 3.63) is 29.8 Å². The van der Waals surface area contributed by atoms with E-state index in [-0.39, 0.29) is 18.0 Å². The van der Waals surface area contributed by atoms with Crippen LogP contribution in [-0.4, -0.2) is 24.7 Å². The second-order valence-electron chi connectivity index (χ2n) is 5.90. The van der Waals surface area contributed by atoms with Gasteiger partial charge >= 0.3 is 0 Å². The maximum absolute atomic E-state index is 12.0. The summed E-state index contributed by atoms with van der Waals surface area (Å²) in [6.07, 6.45) is 1.48. The van der Waals surface area contributed by atoms with Crippen LogP contribution in [0.2, 0.25) is 0 Å². The van der Waals surface area contributed by atoms with Crippen molar-refractivity contribution in [1.82, 2.24) is 16.2 Å². The van der Waals surface area contributed by atoms with Gasteiger partial charge in [-0.3, -0.25) is 10.2 Å². The van der Waals surface area contributed by atoms with Gasteiger partial charge in [-0.1, -0.05) is 25.1 Å². The van der Waals surface area contributed by atoms with Gasteiger partial charge in [0.2, 0.25) is 5.91 Å². The second kappa shape index (κ2) is 6.03. The first kappa shape index (κ1) is 14.4. The SMILES string of the molecule is CCCOc1ccccc1C1CC(=O)NC2NNC(C)C21. The van der Waals surface area contributed by atoms with E-state index in [2.05, 4.69) is 36.1 Å². The molecule has 0 saturated carbocycles. The molecule has 3 N–H and O–H groups in total. The highest BCUT2D eigenvalue weighted by Gasteiger charge is 2.45. The monoisotopic (exact) mass is 289 g/mol. The maximum Gasteiger partial charge on any atom is 0.221 e. The van der Waals surface area contributed by atoms with Crippen LogP contribution in [-0.2, 0) is 4.79 Å². The third kappa shape index (κ3) is 2.76.